The van der Waals surface area contributed by atoms with E-state index in [1.54, 1.807) is 15.6 Å². The van der Waals surface area contributed by atoms with E-state index in [9.17, 15) is 0 Å². The quantitative estimate of drug-likeness (QED) is 0.408. The van der Waals surface area contributed by atoms with E-state index in [0.29, 0.717) is 0 Å². The topological polar surface area (TPSA) is 0 Å². The molecule has 4 aromatic rings. The molecule has 0 atom stereocenters. The van der Waals surface area contributed by atoms with Crippen molar-refractivity contribution in [2.24, 2.45) is 0 Å². The summed E-state index contributed by atoms with van der Waals surface area (Å²) >= 11 is 0. The molecule has 0 aliphatic carbocycles. The Morgan fingerprint density at radius 3 is 0.800 bits per heavy atom. The van der Waals surface area contributed by atoms with Gasteiger partial charge >= 0.3 is 0 Å². The van der Waals surface area contributed by atoms with Crippen LogP contribution in [-0.4, -0.2) is 26.4 Å². The van der Waals surface area contributed by atoms with E-state index >= 15 is 0 Å². The van der Waals surface area contributed by atoms with Crippen molar-refractivity contribution in [3.63, 3.8) is 0 Å². The highest BCUT2D eigenvalue weighted by Gasteiger charge is 2.20. The maximum Gasteiger partial charge on any atom is 0.118 e. The van der Waals surface area contributed by atoms with Crippen molar-refractivity contribution in [1.29, 1.82) is 0 Å². The van der Waals surface area contributed by atoms with Crippen LogP contribution in [0.25, 0.3) is 0 Å². The molecule has 147 valence electrons. The Hall–Kier alpha value is -2.47. The summed E-state index contributed by atoms with van der Waals surface area (Å²) in [5.41, 5.74) is 0. The molecule has 0 spiro atoms. The fourth-order valence-corrected chi connectivity index (χ4v) is 9.58. The minimum Gasteiger partial charge on any atom is -0.0634 e. The van der Waals surface area contributed by atoms with Gasteiger partial charge in [0.1, 0.15) is 26.4 Å². The second-order valence-corrected chi connectivity index (χ2v) is 15.0. The van der Waals surface area contributed by atoms with Gasteiger partial charge in [0.05, 0.1) is 0 Å². The van der Waals surface area contributed by atoms with Crippen LogP contribution >= 0.6 is 0 Å². The Labute approximate surface area is 186 Å². The van der Waals surface area contributed by atoms with E-state index in [1.165, 1.54) is 15.6 Å². The van der Waals surface area contributed by atoms with Crippen LogP contribution in [0.4, 0.5) is 0 Å². The third kappa shape index (κ3) is 4.64. The van der Waals surface area contributed by atoms with Crippen molar-refractivity contribution in [3.05, 3.63) is 109 Å². The summed E-state index contributed by atoms with van der Waals surface area (Å²) in [4.78, 5) is 0. The van der Waals surface area contributed by atoms with Crippen molar-refractivity contribution >= 4 is 57.5 Å². The lowest BCUT2D eigenvalue weighted by Crippen LogP contribution is -2.50. The molecule has 0 amide bonds. The summed E-state index contributed by atoms with van der Waals surface area (Å²) in [6.07, 6.45) is 0. The number of hydrogen-bond donors (Lipinski definition) is 0. The van der Waals surface area contributed by atoms with Gasteiger partial charge < -0.3 is 0 Å². The molecule has 0 unspecified atom stereocenters. The second-order valence-electron chi connectivity index (χ2n) is 7.77. The van der Waals surface area contributed by atoms with Crippen molar-refractivity contribution in [3.8, 4) is 0 Å². The van der Waals surface area contributed by atoms with Gasteiger partial charge in [0.2, 0.25) is 0 Å². The molecule has 3 heteroatoms. The first-order valence-electron chi connectivity index (χ1n) is 10.5. The lowest BCUT2D eigenvalue weighted by Gasteiger charge is -2.20. The standard InChI is InChI=1S/C27H27Si3/c1-28(22-13-7-4-8-14-22)25-19-26(29(2)23-15-9-5-10-16-23)21-27(20-25)30(3)24-17-11-6-12-18-24/h4-21H,1-3H3. The average Bonchev–Trinajstić information content (AvgIpc) is 2.84. The molecule has 0 saturated heterocycles. The van der Waals surface area contributed by atoms with Gasteiger partial charge in [-0.15, -0.1) is 0 Å². The zero-order valence-electron chi connectivity index (χ0n) is 17.9. The highest BCUT2D eigenvalue weighted by atomic mass is 28.3. The van der Waals surface area contributed by atoms with E-state index in [1.807, 2.05) is 0 Å². The molecule has 0 N–H and O–H groups in total. The molecule has 0 aromatic heterocycles. The molecular weight excluding hydrogens is 409 g/mol. The summed E-state index contributed by atoms with van der Waals surface area (Å²) in [7, 11) is -2.36. The summed E-state index contributed by atoms with van der Waals surface area (Å²) in [5.74, 6) is 0. The summed E-state index contributed by atoms with van der Waals surface area (Å²) in [6, 6.07) is 40.7. The maximum absolute atomic E-state index is 2.52. The van der Waals surface area contributed by atoms with E-state index in [2.05, 4.69) is 129 Å². The minimum atomic E-state index is -0.785. The molecule has 0 aliphatic heterocycles. The van der Waals surface area contributed by atoms with E-state index in [4.69, 9.17) is 0 Å². The van der Waals surface area contributed by atoms with E-state index in [0.717, 1.165) is 0 Å². The molecule has 0 nitrogen and oxygen atoms in total. The highest BCUT2D eigenvalue weighted by molar-refractivity contribution is 6.89. The van der Waals surface area contributed by atoms with Gasteiger partial charge in [-0.3, -0.25) is 0 Å². The Kier molecular flexibility index (Phi) is 6.63. The molecule has 0 bridgehead atoms. The van der Waals surface area contributed by atoms with Crippen LogP contribution in [0.2, 0.25) is 19.6 Å². The summed E-state index contributed by atoms with van der Waals surface area (Å²) in [5, 5.41) is 9.08. The molecule has 0 aliphatic rings. The van der Waals surface area contributed by atoms with E-state index < -0.39 is 26.4 Å². The molecule has 4 aromatic carbocycles. The third-order valence-electron chi connectivity index (χ3n) is 5.85. The molecule has 0 saturated carbocycles. The van der Waals surface area contributed by atoms with Gasteiger partial charge in [-0.2, -0.15) is 0 Å². The first kappa shape index (κ1) is 20.8. The molecule has 3 radical (unpaired) electrons. The van der Waals surface area contributed by atoms with Crippen LogP contribution < -0.4 is 31.1 Å². The van der Waals surface area contributed by atoms with Crippen LogP contribution in [0.1, 0.15) is 0 Å². The Morgan fingerprint density at radius 1 is 0.333 bits per heavy atom. The van der Waals surface area contributed by atoms with Crippen LogP contribution in [-0.2, 0) is 0 Å². The van der Waals surface area contributed by atoms with Crippen LogP contribution in [0.5, 0.6) is 0 Å². The van der Waals surface area contributed by atoms with Crippen molar-refractivity contribution in [2.75, 3.05) is 0 Å². The lowest BCUT2D eigenvalue weighted by molar-refractivity contribution is 1.72. The van der Waals surface area contributed by atoms with Crippen LogP contribution in [0.3, 0.4) is 0 Å². The third-order valence-corrected chi connectivity index (χ3v) is 12.9. The maximum atomic E-state index is 2.52. The highest BCUT2D eigenvalue weighted by Crippen LogP contribution is 1.97. The number of rotatable bonds is 6. The smallest absolute Gasteiger partial charge is 0.0634 e. The summed E-state index contributed by atoms with van der Waals surface area (Å²) < 4.78 is 0. The Morgan fingerprint density at radius 2 is 0.567 bits per heavy atom. The monoisotopic (exact) mass is 435 g/mol. The number of hydrogen-bond acceptors (Lipinski definition) is 0. The molecule has 4 rings (SSSR count). The van der Waals surface area contributed by atoms with Crippen molar-refractivity contribution < 1.29 is 0 Å². The molecule has 30 heavy (non-hydrogen) atoms. The summed E-state index contributed by atoms with van der Waals surface area (Å²) in [6.45, 7) is 7.33. The Bertz CT molecular complexity index is 925. The van der Waals surface area contributed by atoms with Crippen LogP contribution in [0.15, 0.2) is 109 Å². The average molecular weight is 436 g/mol. The SMILES string of the molecule is C[Si](c1ccccc1)c1cc([Si](C)c2ccccc2)cc([Si](C)c2ccccc2)c1. The fraction of sp³-hybridized carbons (Fsp3) is 0.111. The zero-order chi connectivity index (χ0) is 20.9. The van der Waals surface area contributed by atoms with Gasteiger partial charge in [0, 0.05) is 0 Å². The normalized spacial score (nSPS) is 11.4. The molecule has 0 heterocycles. The molecular formula is C27H27Si3. The first-order chi connectivity index (χ1) is 14.6. The second kappa shape index (κ2) is 9.56. The van der Waals surface area contributed by atoms with Crippen molar-refractivity contribution in [1.82, 2.24) is 0 Å². The van der Waals surface area contributed by atoms with Crippen molar-refractivity contribution in [2.45, 2.75) is 19.6 Å². The fourth-order valence-electron chi connectivity index (χ4n) is 3.84. The lowest BCUT2D eigenvalue weighted by atomic mass is 10.3. The van der Waals surface area contributed by atoms with Gasteiger partial charge in [-0.1, -0.05) is 160 Å². The van der Waals surface area contributed by atoms with Gasteiger partial charge in [0.25, 0.3) is 0 Å². The van der Waals surface area contributed by atoms with Gasteiger partial charge in [-0.25, -0.2) is 0 Å². The van der Waals surface area contributed by atoms with Crippen LogP contribution in [0, 0.1) is 0 Å². The van der Waals surface area contributed by atoms with Gasteiger partial charge in [0.15, 0.2) is 0 Å². The largest absolute Gasteiger partial charge is 0.118 e. The Balaban J connectivity index is 1.79. The van der Waals surface area contributed by atoms with Gasteiger partial charge in [-0.05, 0) is 0 Å². The first-order valence-corrected chi connectivity index (χ1v) is 16.5. The van der Waals surface area contributed by atoms with E-state index in [-0.39, 0.29) is 0 Å². The zero-order valence-corrected chi connectivity index (χ0v) is 20.9. The number of benzene rings is 4. The predicted molar refractivity (Wildman–Crippen MR) is 138 cm³/mol. The molecule has 0 fully saturated rings. The predicted octanol–water partition coefficient (Wildman–Crippen LogP) is 2.40. The minimum absolute atomic E-state index is 0.785.